The highest BCUT2D eigenvalue weighted by molar-refractivity contribution is 9.10. The lowest BCUT2D eigenvalue weighted by molar-refractivity contribution is -0.113. The molecule has 0 bridgehead atoms. The first kappa shape index (κ1) is 23.1. The maximum absolute atomic E-state index is 12.7. The van der Waals surface area contributed by atoms with Gasteiger partial charge in [-0.15, -0.1) is 21.5 Å². The molecular formula is C22H24BrN5O2S2. The van der Waals surface area contributed by atoms with E-state index in [1.165, 1.54) is 16.6 Å². The number of carbonyl (C=O) groups is 1. The van der Waals surface area contributed by atoms with Crippen LogP contribution in [0.3, 0.4) is 0 Å². The quantitative estimate of drug-likeness (QED) is 0.370. The molecule has 1 amide bonds. The average Bonchev–Trinajstić information content (AvgIpc) is 3.47. The Morgan fingerprint density at radius 1 is 1.47 bits per heavy atom. The standard InChI is InChI=1S/C22H24BrN5O2S2/c1-4-13-5-6-14-15(10-24)21(32-17(14)9-13)25-19(29)11-31-22-27-26-20(28(22)12(2)3)16-7-8-18(23)30-16/h7-8,12-13H,4-6,9,11H2,1-3H3,(H,25,29). The zero-order valence-corrected chi connectivity index (χ0v) is 21.4. The molecular weight excluding hydrogens is 510 g/mol. The summed E-state index contributed by atoms with van der Waals surface area (Å²) in [5, 5.41) is 22.5. The van der Waals surface area contributed by atoms with E-state index in [2.05, 4.69) is 44.4 Å². The van der Waals surface area contributed by atoms with Gasteiger partial charge in [0.05, 0.1) is 11.3 Å². The second-order valence-electron chi connectivity index (χ2n) is 8.05. The summed E-state index contributed by atoms with van der Waals surface area (Å²) in [6.45, 7) is 6.28. The number of hydrogen-bond donors (Lipinski definition) is 1. The SMILES string of the molecule is CCC1CCc2c(sc(NC(=O)CSc3nnc(-c4ccc(Br)o4)n3C(C)C)c2C#N)C1. The molecule has 3 aromatic heterocycles. The lowest BCUT2D eigenvalue weighted by Crippen LogP contribution is -2.15. The van der Waals surface area contributed by atoms with Crippen LogP contribution < -0.4 is 5.32 Å². The number of amides is 1. The first-order chi connectivity index (χ1) is 15.4. The van der Waals surface area contributed by atoms with Crippen molar-refractivity contribution in [3.63, 3.8) is 0 Å². The monoisotopic (exact) mass is 533 g/mol. The van der Waals surface area contributed by atoms with Gasteiger partial charge in [0.25, 0.3) is 0 Å². The summed E-state index contributed by atoms with van der Waals surface area (Å²) in [7, 11) is 0. The molecule has 1 aliphatic carbocycles. The maximum atomic E-state index is 12.7. The van der Waals surface area contributed by atoms with E-state index in [0.717, 1.165) is 31.2 Å². The minimum Gasteiger partial charge on any atom is -0.446 e. The van der Waals surface area contributed by atoms with E-state index in [4.69, 9.17) is 4.42 Å². The van der Waals surface area contributed by atoms with Crippen LogP contribution in [0.15, 0.2) is 26.4 Å². The Morgan fingerprint density at radius 2 is 2.28 bits per heavy atom. The molecule has 168 valence electrons. The van der Waals surface area contributed by atoms with Crippen molar-refractivity contribution in [2.24, 2.45) is 5.92 Å². The van der Waals surface area contributed by atoms with Crippen molar-refractivity contribution in [2.45, 2.75) is 57.7 Å². The number of halogens is 1. The van der Waals surface area contributed by atoms with Crippen LogP contribution in [0.4, 0.5) is 5.00 Å². The molecule has 0 aliphatic heterocycles. The van der Waals surface area contributed by atoms with Crippen LogP contribution in [0.5, 0.6) is 0 Å². The molecule has 1 aliphatic rings. The predicted molar refractivity (Wildman–Crippen MR) is 130 cm³/mol. The summed E-state index contributed by atoms with van der Waals surface area (Å²) in [5.41, 5.74) is 1.76. The summed E-state index contributed by atoms with van der Waals surface area (Å²) in [6, 6.07) is 6.05. The lowest BCUT2D eigenvalue weighted by Gasteiger charge is -2.20. The second-order valence-corrected chi connectivity index (χ2v) is 10.9. The van der Waals surface area contributed by atoms with E-state index in [-0.39, 0.29) is 17.7 Å². The Kier molecular flexibility index (Phi) is 7.08. The topological polar surface area (TPSA) is 96.7 Å². The largest absolute Gasteiger partial charge is 0.446 e. The number of thiophene rings is 1. The molecule has 1 unspecified atom stereocenters. The fraction of sp³-hybridized carbons (Fsp3) is 0.455. The maximum Gasteiger partial charge on any atom is 0.235 e. The van der Waals surface area contributed by atoms with Crippen LogP contribution in [-0.2, 0) is 17.6 Å². The van der Waals surface area contributed by atoms with Crippen molar-refractivity contribution < 1.29 is 9.21 Å². The summed E-state index contributed by atoms with van der Waals surface area (Å²) < 4.78 is 8.21. The third kappa shape index (κ3) is 4.65. The van der Waals surface area contributed by atoms with Gasteiger partial charge in [0.1, 0.15) is 11.1 Å². The molecule has 1 atom stereocenters. The molecule has 32 heavy (non-hydrogen) atoms. The van der Waals surface area contributed by atoms with E-state index < -0.39 is 0 Å². The predicted octanol–water partition coefficient (Wildman–Crippen LogP) is 6.06. The highest BCUT2D eigenvalue weighted by Crippen LogP contribution is 2.40. The number of nitriles is 1. The highest BCUT2D eigenvalue weighted by atomic mass is 79.9. The first-order valence-electron chi connectivity index (χ1n) is 10.6. The van der Waals surface area contributed by atoms with Gasteiger partial charge < -0.3 is 9.73 Å². The van der Waals surface area contributed by atoms with Gasteiger partial charge in [0.2, 0.25) is 11.7 Å². The Morgan fingerprint density at radius 3 is 2.94 bits per heavy atom. The molecule has 0 aromatic carbocycles. The average molecular weight is 535 g/mol. The van der Waals surface area contributed by atoms with E-state index in [0.29, 0.717) is 37.9 Å². The van der Waals surface area contributed by atoms with Gasteiger partial charge in [-0.25, -0.2) is 0 Å². The number of rotatable bonds is 7. The summed E-state index contributed by atoms with van der Waals surface area (Å²) in [6.07, 6.45) is 4.17. The molecule has 0 fully saturated rings. The summed E-state index contributed by atoms with van der Waals surface area (Å²) in [4.78, 5) is 14.0. The number of aromatic nitrogens is 3. The minimum atomic E-state index is -0.155. The third-order valence-corrected chi connectivity index (χ3v) is 8.16. The minimum absolute atomic E-state index is 0.0927. The van der Waals surface area contributed by atoms with Crippen LogP contribution in [0.2, 0.25) is 0 Å². The van der Waals surface area contributed by atoms with Gasteiger partial charge in [0, 0.05) is 10.9 Å². The molecule has 0 saturated carbocycles. The van der Waals surface area contributed by atoms with E-state index in [1.54, 1.807) is 11.3 Å². The molecule has 10 heteroatoms. The fourth-order valence-electron chi connectivity index (χ4n) is 3.95. The smallest absolute Gasteiger partial charge is 0.235 e. The molecule has 0 spiro atoms. The van der Waals surface area contributed by atoms with Crippen molar-refractivity contribution >= 4 is 49.9 Å². The van der Waals surface area contributed by atoms with Crippen LogP contribution >= 0.6 is 39.0 Å². The van der Waals surface area contributed by atoms with E-state index >= 15 is 0 Å². The van der Waals surface area contributed by atoms with E-state index in [1.807, 2.05) is 30.5 Å². The molecule has 4 rings (SSSR count). The second kappa shape index (κ2) is 9.81. The van der Waals surface area contributed by atoms with Crippen LogP contribution in [0, 0.1) is 17.2 Å². The number of hydrogen-bond acceptors (Lipinski definition) is 7. The summed E-state index contributed by atoms with van der Waals surface area (Å²) >= 11 is 6.19. The first-order valence-corrected chi connectivity index (χ1v) is 13.2. The number of thioether (sulfide) groups is 1. The van der Waals surface area contributed by atoms with Gasteiger partial charge in [-0.2, -0.15) is 5.26 Å². The van der Waals surface area contributed by atoms with Gasteiger partial charge >= 0.3 is 0 Å². The fourth-order valence-corrected chi connectivity index (χ4v) is 6.45. The number of carbonyl (C=O) groups excluding carboxylic acids is 1. The Hall–Kier alpha value is -2.09. The number of anilines is 1. The summed E-state index contributed by atoms with van der Waals surface area (Å²) in [5.74, 6) is 1.92. The van der Waals surface area contributed by atoms with Gasteiger partial charge in [-0.3, -0.25) is 9.36 Å². The number of fused-ring (bicyclic) bond motifs is 1. The Balaban J connectivity index is 1.47. The molecule has 1 N–H and O–H groups in total. The van der Waals surface area contributed by atoms with Crippen molar-refractivity contribution in [3.8, 4) is 17.7 Å². The number of nitrogens with one attached hydrogen (secondary N) is 1. The van der Waals surface area contributed by atoms with Crippen LogP contribution in [-0.4, -0.2) is 26.4 Å². The molecule has 3 aromatic rings. The van der Waals surface area contributed by atoms with Crippen LogP contribution in [0.25, 0.3) is 11.6 Å². The van der Waals surface area contributed by atoms with Gasteiger partial charge in [-0.05, 0) is 72.7 Å². The van der Waals surface area contributed by atoms with Gasteiger partial charge in [-0.1, -0.05) is 25.1 Å². The third-order valence-electron chi connectivity index (χ3n) is 5.62. The van der Waals surface area contributed by atoms with Crippen molar-refractivity contribution in [3.05, 3.63) is 32.8 Å². The van der Waals surface area contributed by atoms with Crippen LogP contribution in [0.1, 0.15) is 55.7 Å². The highest BCUT2D eigenvalue weighted by Gasteiger charge is 2.26. The van der Waals surface area contributed by atoms with Crippen molar-refractivity contribution in [1.82, 2.24) is 14.8 Å². The zero-order valence-electron chi connectivity index (χ0n) is 18.1. The Labute approximate surface area is 203 Å². The molecule has 3 heterocycles. The van der Waals surface area contributed by atoms with Crippen molar-refractivity contribution in [2.75, 3.05) is 11.1 Å². The van der Waals surface area contributed by atoms with Gasteiger partial charge in [0.15, 0.2) is 15.6 Å². The molecule has 7 nitrogen and oxygen atoms in total. The van der Waals surface area contributed by atoms with E-state index in [9.17, 15) is 10.1 Å². The van der Waals surface area contributed by atoms with Crippen molar-refractivity contribution in [1.29, 1.82) is 5.26 Å². The number of furan rings is 1. The normalized spacial score (nSPS) is 15.6. The zero-order chi connectivity index (χ0) is 22.8. The Bertz CT molecular complexity index is 1170. The lowest BCUT2D eigenvalue weighted by atomic mass is 9.86. The molecule has 0 radical (unpaired) electrons. The number of nitrogens with zero attached hydrogens (tertiary/aromatic N) is 4. The molecule has 0 saturated heterocycles.